The molecule has 0 atom stereocenters. The van der Waals surface area contributed by atoms with E-state index in [0.717, 1.165) is 5.39 Å². The van der Waals surface area contributed by atoms with E-state index in [-0.39, 0.29) is 24.5 Å². The number of likely N-dealkylation sites (N-methyl/N-ethyl adjacent to an activating group) is 1. The van der Waals surface area contributed by atoms with Crippen LogP contribution < -0.4 is 10.9 Å². The molecule has 2 aromatic rings. The molecule has 0 aliphatic heterocycles. The highest BCUT2D eigenvalue weighted by Crippen LogP contribution is 2.21. The van der Waals surface area contributed by atoms with Gasteiger partial charge in [-0.25, -0.2) is 4.39 Å². The quantitative estimate of drug-likeness (QED) is 0.843. The molecule has 2 rings (SSSR count). The van der Waals surface area contributed by atoms with E-state index in [1.165, 1.54) is 16.7 Å². The number of nitrogens with zero attached hydrogens (tertiary/aromatic N) is 1. The maximum absolute atomic E-state index is 14.0. The molecule has 0 amide bonds. The fraction of sp³-hybridized carbons (Fsp3) is 0.357. The Bertz CT molecular complexity index is 637. The van der Waals surface area contributed by atoms with Crippen LogP contribution in [0.15, 0.2) is 29.1 Å². The topological polar surface area (TPSA) is 54.3 Å². The van der Waals surface area contributed by atoms with Gasteiger partial charge in [-0.3, -0.25) is 4.79 Å². The predicted octanol–water partition coefficient (Wildman–Crippen LogP) is 0.895. The van der Waals surface area contributed by atoms with Gasteiger partial charge in [0.25, 0.3) is 5.56 Å². The van der Waals surface area contributed by atoms with Gasteiger partial charge in [0.2, 0.25) is 0 Å². The standard InChI is InChI=1S/C14H17FN2O2/c1-16-7-6-11-12(15)4-2-10-3-5-13(19)17(8-9-18)14(10)11/h2-5,16,18H,6-9H2,1H3. The average Bonchev–Trinajstić information content (AvgIpc) is 2.41. The van der Waals surface area contributed by atoms with Crippen LogP contribution >= 0.6 is 0 Å². The molecule has 4 nitrogen and oxygen atoms in total. The second-order valence-corrected chi connectivity index (χ2v) is 4.36. The molecule has 0 unspecified atom stereocenters. The summed E-state index contributed by atoms with van der Waals surface area (Å²) >= 11 is 0. The summed E-state index contributed by atoms with van der Waals surface area (Å²) in [7, 11) is 1.80. The van der Waals surface area contributed by atoms with Crippen molar-refractivity contribution in [3.63, 3.8) is 0 Å². The van der Waals surface area contributed by atoms with Gasteiger partial charge in [0.05, 0.1) is 12.1 Å². The van der Waals surface area contributed by atoms with Crippen LogP contribution in [0, 0.1) is 5.82 Å². The second-order valence-electron chi connectivity index (χ2n) is 4.36. The van der Waals surface area contributed by atoms with Crippen LogP contribution in [0.5, 0.6) is 0 Å². The molecule has 5 heteroatoms. The highest BCUT2D eigenvalue weighted by molar-refractivity contribution is 5.82. The summed E-state index contributed by atoms with van der Waals surface area (Å²) in [5, 5.41) is 12.9. The molecular weight excluding hydrogens is 247 g/mol. The average molecular weight is 264 g/mol. The van der Waals surface area contributed by atoms with E-state index in [4.69, 9.17) is 5.11 Å². The maximum atomic E-state index is 14.0. The summed E-state index contributed by atoms with van der Waals surface area (Å²) in [6.45, 7) is 0.644. The summed E-state index contributed by atoms with van der Waals surface area (Å²) in [6, 6.07) is 6.20. The molecule has 0 aliphatic carbocycles. The number of hydrogen-bond donors (Lipinski definition) is 2. The van der Waals surface area contributed by atoms with Gasteiger partial charge in [-0.2, -0.15) is 0 Å². The Morgan fingerprint density at radius 1 is 1.32 bits per heavy atom. The first-order chi connectivity index (χ1) is 9.19. The lowest BCUT2D eigenvalue weighted by Gasteiger charge is -2.14. The number of aliphatic hydroxyl groups is 1. The number of hydrogen-bond acceptors (Lipinski definition) is 3. The van der Waals surface area contributed by atoms with Crippen molar-refractivity contribution in [3.8, 4) is 0 Å². The summed E-state index contributed by atoms with van der Waals surface area (Å²) in [5.41, 5.74) is 0.868. The van der Waals surface area contributed by atoms with Crippen LogP contribution in [-0.4, -0.2) is 29.9 Å². The Hall–Kier alpha value is -1.72. The number of pyridine rings is 1. The van der Waals surface area contributed by atoms with Crippen molar-refractivity contribution >= 4 is 10.9 Å². The summed E-state index contributed by atoms with van der Waals surface area (Å²) in [4.78, 5) is 11.9. The van der Waals surface area contributed by atoms with Crippen LogP contribution in [0.3, 0.4) is 0 Å². The van der Waals surface area contributed by atoms with Crippen molar-refractivity contribution in [1.29, 1.82) is 0 Å². The Kier molecular flexibility index (Phi) is 4.29. The number of benzene rings is 1. The molecule has 1 aromatic heterocycles. The molecule has 102 valence electrons. The van der Waals surface area contributed by atoms with Crippen molar-refractivity contribution < 1.29 is 9.50 Å². The van der Waals surface area contributed by atoms with E-state index >= 15 is 0 Å². The van der Waals surface area contributed by atoms with E-state index in [0.29, 0.717) is 24.0 Å². The van der Waals surface area contributed by atoms with E-state index in [1.54, 1.807) is 19.2 Å². The minimum atomic E-state index is -0.319. The van der Waals surface area contributed by atoms with Gasteiger partial charge >= 0.3 is 0 Å². The molecule has 0 spiro atoms. The van der Waals surface area contributed by atoms with Crippen molar-refractivity contribution in [2.24, 2.45) is 0 Å². The first kappa shape index (κ1) is 13.7. The summed E-state index contributed by atoms with van der Waals surface area (Å²) in [5.74, 6) is -0.319. The minimum Gasteiger partial charge on any atom is -0.395 e. The minimum absolute atomic E-state index is 0.152. The van der Waals surface area contributed by atoms with Gasteiger partial charge in [0.1, 0.15) is 5.82 Å². The zero-order valence-electron chi connectivity index (χ0n) is 10.8. The van der Waals surface area contributed by atoms with Gasteiger partial charge in [0.15, 0.2) is 0 Å². The largest absolute Gasteiger partial charge is 0.395 e. The fourth-order valence-electron chi connectivity index (χ4n) is 2.25. The number of nitrogens with one attached hydrogen (secondary N) is 1. The summed E-state index contributed by atoms with van der Waals surface area (Å²) < 4.78 is 15.4. The lowest BCUT2D eigenvalue weighted by Crippen LogP contribution is -2.23. The number of rotatable bonds is 5. The third-order valence-corrected chi connectivity index (χ3v) is 3.15. The first-order valence-electron chi connectivity index (χ1n) is 6.25. The van der Waals surface area contributed by atoms with Crippen LogP contribution in [-0.2, 0) is 13.0 Å². The summed E-state index contributed by atoms with van der Waals surface area (Å²) in [6.07, 6.45) is 0.495. The van der Waals surface area contributed by atoms with Crippen molar-refractivity contribution in [3.05, 3.63) is 46.0 Å². The van der Waals surface area contributed by atoms with Gasteiger partial charge in [-0.15, -0.1) is 0 Å². The molecule has 19 heavy (non-hydrogen) atoms. The third-order valence-electron chi connectivity index (χ3n) is 3.15. The van der Waals surface area contributed by atoms with E-state index in [2.05, 4.69) is 5.32 Å². The monoisotopic (exact) mass is 264 g/mol. The molecule has 0 fully saturated rings. The normalized spacial score (nSPS) is 11.1. The molecule has 0 saturated carbocycles. The third kappa shape index (κ3) is 2.67. The molecule has 1 aromatic carbocycles. The fourth-order valence-corrected chi connectivity index (χ4v) is 2.25. The van der Waals surface area contributed by atoms with E-state index in [1.807, 2.05) is 0 Å². The Balaban J connectivity index is 2.72. The molecule has 2 N–H and O–H groups in total. The smallest absolute Gasteiger partial charge is 0.251 e. The van der Waals surface area contributed by atoms with Crippen LogP contribution in [0.1, 0.15) is 5.56 Å². The Morgan fingerprint density at radius 3 is 2.74 bits per heavy atom. The second kappa shape index (κ2) is 5.95. The molecular formula is C14H17FN2O2. The number of aromatic nitrogens is 1. The highest BCUT2D eigenvalue weighted by Gasteiger charge is 2.12. The zero-order valence-corrected chi connectivity index (χ0v) is 10.8. The molecule has 0 aliphatic rings. The van der Waals surface area contributed by atoms with E-state index < -0.39 is 0 Å². The Labute approximate surface area is 110 Å². The lowest BCUT2D eigenvalue weighted by atomic mass is 10.1. The highest BCUT2D eigenvalue weighted by atomic mass is 19.1. The first-order valence-corrected chi connectivity index (χ1v) is 6.25. The lowest BCUT2D eigenvalue weighted by molar-refractivity contribution is 0.276. The number of halogens is 1. The van der Waals surface area contributed by atoms with Crippen molar-refractivity contribution in [1.82, 2.24) is 9.88 Å². The van der Waals surface area contributed by atoms with Crippen molar-refractivity contribution in [2.75, 3.05) is 20.2 Å². The van der Waals surface area contributed by atoms with Crippen LogP contribution in [0.2, 0.25) is 0 Å². The molecule has 0 radical (unpaired) electrons. The van der Waals surface area contributed by atoms with Gasteiger partial charge in [0, 0.05) is 18.2 Å². The molecule has 0 bridgehead atoms. The molecule has 0 saturated heterocycles. The number of fused-ring (bicyclic) bond motifs is 1. The van der Waals surface area contributed by atoms with E-state index in [9.17, 15) is 9.18 Å². The predicted molar refractivity (Wildman–Crippen MR) is 72.9 cm³/mol. The SMILES string of the molecule is CNCCc1c(F)ccc2ccc(=O)n(CCO)c12. The van der Waals surface area contributed by atoms with Gasteiger partial charge < -0.3 is 15.0 Å². The van der Waals surface area contributed by atoms with Crippen LogP contribution in [0.25, 0.3) is 10.9 Å². The van der Waals surface area contributed by atoms with Gasteiger partial charge in [-0.05, 0) is 43.6 Å². The number of aliphatic hydroxyl groups excluding tert-OH is 1. The van der Waals surface area contributed by atoms with Gasteiger partial charge in [-0.1, -0.05) is 0 Å². The zero-order chi connectivity index (χ0) is 13.8. The Morgan fingerprint density at radius 2 is 2.05 bits per heavy atom. The maximum Gasteiger partial charge on any atom is 0.251 e. The van der Waals surface area contributed by atoms with Crippen LogP contribution in [0.4, 0.5) is 4.39 Å². The molecule has 1 heterocycles. The van der Waals surface area contributed by atoms with Crippen molar-refractivity contribution in [2.45, 2.75) is 13.0 Å².